The summed E-state index contributed by atoms with van der Waals surface area (Å²) in [6, 6.07) is 5.48. The van der Waals surface area contributed by atoms with Crippen molar-refractivity contribution in [1.82, 2.24) is 0 Å². The Morgan fingerprint density at radius 1 is 1.54 bits per heavy atom. The second-order valence-electron chi connectivity index (χ2n) is 2.37. The van der Waals surface area contributed by atoms with Crippen LogP contribution in [0, 0.1) is 11.3 Å². The van der Waals surface area contributed by atoms with Crippen molar-refractivity contribution in [3.05, 3.63) is 29.8 Å². The lowest BCUT2D eigenvalue weighted by molar-refractivity contribution is 1.33. The van der Waals surface area contributed by atoms with Crippen molar-refractivity contribution in [2.24, 2.45) is 4.99 Å². The molecule has 0 radical (unpaired) electrons. The molecule has 0 aliphatic rings. The highest BCUT2D eigenvalue weighted by atomic mass is 32.1. The lowest BCUT2D eigenvalue weighted by atomic mass is 10.1. The second-order valence-corrected chi connectivity index (χ2v) is 2.82. The molecule has 0 bridgehead atoms. The van der Waals surface area contributed by atoms with E-state index < -0.39 is 0 Å². The van der Waals surface area contributed by atoms with Gasteiger partial charge in [0, 0.05) is 10.5 Å². The van der Waals surface area contributed by atoms with Gasteiger partial charge >= 0.3 is 0 Å². The van der Waals surface area contributed by atoms with E-state index in [9.17, 15) is 0 Å². The minimum Gasteiger partial charge on any atom is -0.263 e. The molecule has 3 heteroatoms. The summed E-state index contributed by atoms with van der Waals surface area (Å²) >= 11 is 4.19. The summed E-state index contributed by atoms with van der Waals surface area (Å²) in [7, 11) is 0. The zero-order valence-electron chi connectivity index (χ0n) is 6.99. The van der Waals surface area contributed by atoms with Gasteiger partial charge in [-0.2, -0.15) is 5.26 Å². The average Bonchev–Trinajstić information content (AvgIpc) is 2.17. The fraction of sp³-hybridized carbons (Fsp3) is 0. The molecule has 2 nitrogen and oxygen atoms in total. The van der Waals surface area contributed by atoms with Crippen molar-refractivity contribution in [2.45, 2.75) is 4.90 Å². The van der Waals surface area contributed by atoms with E-state index in [1.54, 1.807) is 18.2 Å². The van der Waals surface area contributed by atoms with Crippen LogP contribution in [0.15, 0.2) is 28.6 Å². The maximum atomic E-state index is 8.72. The zero-order chi connectivity index (χ0) is 9.84. The van der Waals surface area contributed by atoms with Gasteiger partial charge in [0.05, 0.1) is 11.3 Å². The van der Waals surface area contributed by atoms with Gasteiger partial charge in [-0.15, -0.1) is 12.6 Å². The molecule has 64 valence electrons. The summed E-state index contributed by atoms with van der Waals surface area (Å²) in [5.41, 5.74) is 1.94. The van der Waals surface area contributed by atoms with Crippen LogP contribution >= 0.6 is 12.6 Å². The summed E-state index contributed by atoms with van der Waals surface area (Å²) in [6.07, 6.45) is 1.66. The van der Waals surface area contributed by atoms with Crippen molar-refractivity contribution >= 4 is 31.1 Å². The third-order valence-electron chi connectivity index (χ3n) is 1.68. The molecule has 0 N–H and O–H groups in total. The Bertz CT molecular complexity index is 402. The van der Waals surface area contributed by atoms with E-state index in [0.717, 1.165) is 5.56 Å². The van der Waals surface area contributed by atoms with Gasteiger partial charge in [0.2, 0.25) is 0 Å². The van der Waals surface area contributed by atoms with Gasteiger partial charge in [0.1, 0.15) is 6.07 Å². The Balaban J connectivity index is 3.51. The summed E-state index contributed by atoms with van der Waals surface area (Å²) in [4.78, 5) is 4.35. The lowest BCUT2D eigenvalue weighted by Crippen LogP contribution is -1.82. The van der Waals surface area contributed by atoms with Crippen LogP contribution in [0.25, 0.3) is 6.08 Å². The summed E-state index contributed by atoms with van der Waals surface area (Å²) < 4.78 is 0. The Hall–Kier alpha value is -1.53. The maximum Gasteiger partial charge on any atom is 0.100 e. The Morgan fingerprint density at radius 3 is 2.69 bits per heavy atom. The fourth-order valence-corrected chi connectivity index (χ4v) is 1.34. The van der Waals surface area contributed by atoms with Crippen molar-refractivity contribution in [2.75, 3.05) is 0 Å². The molecule has 0 saturated heterocycles. The van der Waals surface area contributed by atoms with E-state index in [0.29, 0.717) is 16.1 Å². The molecular formula is C10H8N2S. The highest BCUT2D eigenvalue weighted by Gasteiger charge is 2.06. The topological polar surface area (TPSA) is 36.1 Å². The lowest BCUT2D eigenvalue weighted by Gasteiger charge is -2.04. The van der Waals surface area contributed by atoms with Crippen molar-refractivity contribution < 1.29 is 0 Å². The van der Waals surface area contributed by atoms with Crippen LogP contribution in [0.3, 0.4) is 0 Å². The molecule has 0 amide bonds. The number of rotatable bonds is 2. The quantitative estimate of drug-likeness (QED) is 0.562. The van der Waals surface area contributed by atoms with Crippen LogP contribution in [0.2, 0.25) is 0 Å². The van der Waals surface area contributed by atoms with Crippen LogP contribution in [-0.4, -0.2) is 6.72 Å². The van der Waals surface area contributed by atoms with E-state index >= 15 is 0 Å². The van der Waals surface area contributed by atoms with Gasteiger partial charge in [-0.25, -0.2) is 0 Å². The number of nitriles is 1. The number of hydrogen-bond acceptors (Lipinski definition) is 3. The molecule has 1 rings (SSSR count). The molecule has 0 saturated carbocycles. The highest BCUT2D eigenvalue weighted by Crippen LogP contribution is 2.30. The monoisotopic (exact) mass is 188 g/mol. The number of benzene rings is 1. The minimum absolute atomic E-state index is 0.497. The highest BCUT2D eigenvalue weighted by molar-refractivity contribution is 7.80. The van der Waals surface area contributed by atoms with E-state index in [1.165, 1.54) is 0 Å². The molecule has 0 heterocycles. The molecule has 0 aliphatic carbocycles. The molecule has 0 fully saturated rings. The van der Waals surface area contributed by atoms with Gasteiger partial charge in [0.25, 0.3) is 0 Å². The van der Waals surface area contributed by atoms with Crippen LogP contribution < -0.4 is 0 Å². The number of thiol groups is 1. The molecular weight excluding hydrogens is 180 g/mol. The second kappa shape index (κ2) is 3.92. The number of aliphatic imine (C=N–C) groups is 1. The molecule has 0 aromatic heterocycles. The van der Waals surface area contributed by atoms with Crippen molar-refractivity contribution in [3.8, 4) is 6.07 Å². The van der Waals surface area contributed by atoms with E-state index in [2.05, 4.69) is 30.9 Å². The average molecular weight is 188 g/mol. The maximum absolute atomic E-state index is 8.72. The summed E-state index contributed by atoms with van der Waals surface area (Å²) in [5.74, 6) is 0. The Kier molecular flexibility index (Phi) is 2.88. The molecule has 0 spiro atoms. The van der Waals surface area contributed by atoms with Gasteiger partial charge in [-0.3, -0.25) is 4.99 Å². The first-order chi connectivity index (χ1) is 6.24. The third-order valence-corrected chi connectivity index (χ3v) is 2.13. The predicted molar refractivity (Wildman–Crippen MR) is 57.7 cm³/mol. The Labute approximate surface area is 82.6 Å². The van der Waals surface area contributed by atoms with E-state index in [1.807, 2.05) is 6.07 Å². The van der Waals surface area contributed by atoms with Crippen molar-refractivity contribution in [1.29, 1.82) is 5.26 Å². The van der Waals surface area contributed by atoms with Gasteiger partial charge in [-0.05, 0) is 12.8 Å². The molecule has 0 aliphatic heterocycles. The smallest absolute Gasteiger partial charge is 0.100 e. The van der Waals surface area contributed by atoms with Gasteiger partial charge in [0.15, 0.2) is 0 Å². The fourth-order valence-electron chi connectivity index (χ4n) is 1.02. The van der Waals surface area contributed by atoms with Crippen LogP contribution in [0.4, 0.5) is 5.69 Å². The molecule has 0 atom stereocenters. The van der Waals surface area contributed by atoms with Crippen LogP contribution in [-0.2, 0) is 0 Å². The summed E-state index contributed by atoms with van der Waals surface area (Å²) in [6.45, 7) is 7.05. The first-order valence-corrected chi connectivity index (χ1v) is 4.04. The largest absolute Gasteiger partial charge is 0.263 e. The molecule has 13 heavy (non-hydrogen) atoms. The van der Waals surface area contributed by atoms with Crippen LogP contribution in [0.1, 0.15) is 11.1 Å². The molecule has 1 aromatic carbocycles. The standard InChI is InChI=1S/C10H8N2S/c1-3-7-4-5-8(6-11)10(13)9(7)12-2/h3-5,13H,1-2H2. The first-order valence-electron chi connectivity index (χ1n) is 3.59. The van der Waals surface area contributed by atoms with Crippen molar-refractivity contribution in [3.63, 3.8) is 0 Å². The number of nitrogens with zero attached hydrogens (tertiary/aromatic N) is 2. The van der Waals surface area contributed by atoms with Gasteiger partial charge < -0.3 is 0 Å². The van der Waals surface area contributed by atoms with Crippen LogP contribution in [0.5, 0.6) is 0 Å². The Morgan fingerprint density at radius 2 is 2.23 bits per heavy atom. The zero-order valence-corrected chi connectivity index (χ0v) is 7.88. The minimum atomic E-state index is 0.497. The van der Waals surface area contributed by atoms with E-state index in [-0.39, 0.29) is 0 Å². The summed E-state index contributed by atoms with van der Waals surface area (Å²) in [5, 5.41) is 8.72. The van der Waals surface area contributed by atoms with E-state index in [4.69, 9.17) is 5.26 Å². The predicted octanol–water partition coefficient (Wildman–Crippen LogP) is 2.82. The van der Waals surface area contributed by atoms with Gasteiger partial charge in [-0.1, -0.05) is 18.7 Å². The number of hydrogen-bond donors (Lipinski definition) is 1. The first kappa shape index (κ1) is 9.56. The normalized spacial score (nSPS) is 8.92. The SMILES string of the molecule is C=Cc1ccc(C#N)c(S)c1N=C. The molecule has 1 aromatic rings. The third kappa shape index (κ3) is 1.63. The molecule has 0 unspecified atom stereocenters.